The van der Waals surface area contributed by atoms with Crippen molar-refractivity contribution in [1.29, 1.82) is 0 Å². The van der Waals surface area contributed by atoms with Crippen LogP contribution < -0.4 is 0 Å². The first-order valence-electron chi connectivity index (χ1n) is 3.37. The third-order valence-electron chi connectivity index (χ3n) is 1.34. The predicted molar refractivity (Wildman–Crippen MR) is 38.0 cm³/mol. The summed E-state index contributed by atoms with van der Waals surface area (Å²) >= 11 is 0. The standard InChI is InChI=1S/C8H14O/c1-4-5-6-8(2,3)7-9/h2,7H,4-6H2,1,3H3/t8-/m1/s1. The molecule has 0 aromatic carbocycles. The molecule has 0 aromatic rings. The van der Waals surface area contributed by atoms with E-state index in [2.05, 4.69) is 6.92 Å². The molecule has 0 rings (SSSR count). The minimum absolute atomic E-state index is 0.587. The second-order valence-electron chi connectivity index (χ2n) is 2.73. The fourth-order valence-corrected chi connectivity index (χ4v) is 0.617. The Morgan fingerprint density at radius 1 is 1.67 bits per heavy atom. The predicted octanol–water partition coefficient (Wildman–Crippen LogP) is 2.09. The molecule has 0 aromatic heterocycles. The van der Waals surface area contributed by atoms with Gasteiger partial charge in [0, 0.05) is 5.41 Å². The van der Waals surface area contributed by atoms with Crippen molar-refractivity contribution in [2.24, 2.45) is 5.41 Å². The molecule has 1 nitrogen and oxygen atoms in total. The molecule has 0 amide bonds. The molecular formula is C8H14O. The number of hydrogen-bond acceptors (Lipinski definition) is 1. The highest BCUT2D eigenvalue weighted by Gasteiger charge is 2.14. The zero-order valence-corrected chi connectivity index (χ0v) is 6.18. The van der Waals surface area contributed by atoms with Gasteiger partial charge in [0.15, 0.2) is 0 Å². The minimum Gasteiger partial charge on any atom is -0.303 e. The molecule has 0 aliphatic carbocycles. The third-order valence-corrected chi connectivity index (χ3v) is 1.34. The van der Waals surface area contributed by atoms with E-state index >= 15 is 0 Å². The molecule has 0 aliphatic rings. The van der Waals surface area contributed by atoms with Gasteiger partial charge in [0.05, 0.1) is 0 Å². The van der Waals surface area contributed by atoms with Crippen molar-refractivity contribution in [3.63, 3.8) is 0 Å². The van der Waals surface area contributed by atoms with Gasteiger partial charge in [0.2, 0.25) is 0 Å². The molecule has 0 saturated heterocycles. The van der Waals surface area contributed by atoms with Crippen LogP contribution >= 0.6 is 0 Å². The molecular weight excluding hydrogens is 112 g/mol. The van der Waals surface area contributed by atoms with Crippen LogP contribution in [0, 0.1) is 12.3 Å². The van der Waals surface area contributed by atoms with Gasteiger partial charge in [0.1, 0.15) is 6.29 Å². The van der Waals surface area contributed by atoms with Gasteiger partial charge < -0.3 is 4.79 Å². The van der Waals surface area contributed by atoms with Crippen LogP contribution in [0.25, 0.3) is 0 Å². The van der Waals surface area contributed by atoms with E-state index in [-0.39, 0.29) is 0 Å². The van der Waals surface area contributed by atoms with Crippen molar-refractivity contribution in [2.45, 2.75) is 33.1 Å². The number of carbonyl (C=O) groups is 1. The minimum atomic E-state index is -0.587. The van der Waals surface area contributed by atoms with E-state index < -0.39 is 5.41 Å². The normalized spacial score (nSPS) is 11.4. The number of carbonyl (C=O) groups excluding carboxylic acids is 1. The van der Waals surface area contributed by atoms with E-state index in [1.165, 1.54) is 0 Å². The van der Waals surface area contributed by atoms with Crippen LogP contribution in [0.2, 0.25) is 0 Å². The Kier molecular flexibility index (Phi) is 3.52. The summed E-state index contributed by atoms with van der Waals surface area (Å²) in [6.45, 7) is 9.38. The van der Waals surface area contributed by atoms with E-state index in [0.29, 0.717) is 0 Å². The highest BCUT2D eigenvalue weighted by Crippen LogP contribution is 2.18. The molecule has 1 atom stereocenters. The number of unbranched alkanes of at least 4 members (excludes halogenated alkanes) is 1. The maximum Gasteiger partial charge on any atom is 0.126 e. The molecule has 52 valence electrons. The van der Waals surface area contributed by atoms with Gasteiger partial charge in [-0.1, -0.05) is 26.7 Å². The van der Waals surface area contributed by atoms with Crippen molar-refractivity contribution in [2.75, 3.05) is 0 Å². The average Bonchev–Trinajstić information content (AvgIpc) is 1.84. The smallest absolute Gasteiger partial charge is 0.126 e. The van der Waals surface area contributed by atoms with Gasteiger partial charge in [-0.05, 0) is 13.3 Å². The summed E-state index contributed by atoms with van der Waals surface area (Å²) in [6, 6.07) is 0. The first-order chi connectivity index (χ1) is 4.12. The third kappa shape index (κ3) is 4.19. The molecule has 0 aliphatic heterocycles. The Hall–Kier alpha value is -0.330. The van der Waals surface area contributed by atoms with E-state index in [1.807, 2.05) is 0 Å². The second-order valence-corrected chi connectivity index (χ2v) is 2.73. The Balaban J connectivity index is 3.45. The van der Waals surface area contributed by atoms with E-state index in [9.17, 15) is 4.79 Å². The first-order valence-corrected chi connectivity index (χ1v) is 3.37. The van der Waals surface area contributed by atoms with Crippen LogP contribution in [0.5, 0.6) is 0 Å². The maximum absolute atomic E-state index is 10.2. The first kappa shape index (κ1) is 8.67. The molecule has 0 N–H and O–H groups in total. The molecule has 2 radical (unpaired) electrons. The van der Waals surface area contributed by atoms with Crippen molar-refractivity contribution in [3.05, 3.63) is 6.92 Å². The van der Waals surface area contributed by atoms with E-state index in [4.69, 9.17) is 6.92 Å². The maximum atomic E-state index is 10.2. The lowest BCUT2D eigenvalue weighted by Gasteiger charge is -2.14. The highest BCUT2D eigenvalue weighted by atomic mass is 16.1. The van der Waals surface area contributed by atoms with Gasteiger partial charge in [-0.25, -0.2) is 0 Å². The molecule has 0 fully saturated rings. The molecule has 0 unspecified atom stereocenters. The van der Waals surface area contributed by atoms with Crippen molar-refractivity contribution >= 4 is 6.29 Å². The van der Waals surface area contributed by atoms with Gasteiger partial charge in [-0.3, -0.25) is 0 Å². The summed E-state index contributed by atoms with van der Waals surface area (Å²) in [6.07, 6.45) is 3.75. The van der Waals surface area contributed by atoms with Crippen molar-refractivity contribution < 1.29 is 4.79 Å². The molecule has 1 heteroatoms. The van der Waals surface area contributed by atoms with E-state index in [0.717, 1.165) is 25.5 Å². The van der Waals surface area contributed by atoms with Crippen LogP contribution in [0.3, 0.4) is 0 Å². The Labute approximate surface area is 57.5 Å². The van der Waals surface area contributed by atoms with Crippen molar-refractivity contribution in [1.82, 2.24) is 0 Å². The summed E-state index contributed by atoms with van der Waals surface area (Å²) in [5.74, 6) is 0. The Morgan fingerprint density at radius 2 is 2.22 bits per heavy atom. The topological polar surface area (TPSA) is 17.1 Å². The fourth-order valence-electron chi connectivity index (χ4n) is 0.617. The van der Waals surface area contributed by atoms with Crippen LogP contribution in [-0.2, 0) is 4.79 Å². The lowest BCUT2D eigenvalue weighted by molar-refractivity contribution is -0.113. The summed E-state index contributed by atoms with van der Waals surface area (Å²) in [4.78, 5) is 10.2. The van der Waals surface area contributed by atoms with Crippen molar-refractivity contribution in [3.8, 4) is 0 Å². The average molecular weight is 126 g/mol. The molecule has 9 heavy (non-hydrogen) atoms. The van der Waals surface area contributed by atoms with Crippen LogP contribution in [0.1, 0.15) is 33.1 Å². The van der Waals surface area contributed by atoms with Crippen LogP contribution in [0.15, 0.2) is 0 Å². The zero-order valence-electron chi connectivity index (χ0n) is 6.18. The van der Waals surface area contributed by atoms with E-state index in [1.54, 1.807) is 6.92 Å². The fraction of sp³-hybridized carbons (Fsp3) is 0.750. The summed E-state index contributed by atoms with van der Waals surface area (Å²) in [5, 5.41) is 0. The monoisotopic (exact) mass is 126 g/mol. The highest BCUT2D eigenvalue weighted by molar-refractivity contribution is 5.59. The number of hydrogen-bond donors (Lipinski definition) is 0. The molecule has 0 bridgehead atoms. The van der Waals surface area contributed by atoms with Gasteiger partial charge >= 0.3 is 0 Å². The molecule has 0 spiro atoms. The Bertz CT molecular complexity index is 84.6. The largest absolute Gasteiger partial charge is 0.303 e. The van der Waals surface area contributed by atoms with Gasteiger partial charge in [-0.2, -0.15) is 0 Å². The Morgan fingerprint density at radius 3 is 2.56 bits per heavy atom. The summed E-state index contributed by atoms with van der Waals surface area (Å²) in [7, 11) is 0. The lowest BCUT2D eigenvalue weighted by Crippen LogP contribution is -2.12. The molecule has 0 saturated carbocycles. The lowest BCUT2D eigenvalue weighted by atomic mass is 9.89. The van der Waals surface area contributed by atoms with Gasteiger partial charge in [0.25, 0.3) is 0 Å². The quantitative estimate of drug-likeness (QED) is 0.527. The SMILES string of the molecule is [CH][C@](C)(C=O)CCCC. The van der Waals surface area contributed by atoms with Crippen LogP contribution in [-0.4, -0.2) is 6.29 Å². The number of rotatable bonds is 4. The molecule has 0 heterocycles. The number of aldehydes is 1. The summed E-state index contributed by atoms with van der Waals surface area (Å²) in [5.41, 5.74) is -0.587. The summed E-state index contributed by atoms with van der Waals surface area (Å²) < 4.78 is 0. The zero-order chi connectivity index (χ0) is 7.33. The second kappa shape index (κ2) is 3.65. The van der Waals surface area contributed by atoms with Gasteiger partial charge in [-0.15, -0.1) is 0 Å². The van der Waals surface area contributed by atoms with Crippen LogP contribution in [0.4, 0.5) is 0 Å².